The van der Waals surface area contributed by atoms with Crippen LogP contribution in [0.2, 0.25) is 0 Å². The molecule has 1 fully saturated rings. The Kier molecular flexibility index (Phi) is 3.16. The van der Waals surface area contributed by atoms with Crippen molar-refractivity contribution in [1.29, 1.82) is 0 Å². The minimum absolute atomic E-state index is 0.718. The van der Waals surface area contributed by atoms with Crippen molar-refractivity contribution in [2.75, 3.05) is 11.4 Å². The van der Waals surface area contributed by atoms with E-state index in [1.165, 1.54) is 23.3 Å². The highest BCUT2D eigenvalue weighted by Crippen LogP contribution is 2.26. The number of anilines is 1. The van der Waals surface area contributed by atoms with Crippen LogP contribution in [0.4, 0.5) is 5.82 Å². The minimum Gasteiger partial charge on any atom is -0.350 e. The lowest BCUT2D eigenvalue weighted by Crippen LogP contribution is -2.30. The molecule has 0 bridgehead atoms. The number of aromatic nitrogens is 2. The third-order valence-electron chi connectivity index (χ3n) is 3.99. The molecule has 1 N–H and O–H groups in total. The summed E-state index contributed by atoms with van der Waals surface area (Å²) in [6.07, 6.45) is 3.74. The number of fused-ring (bicyclic) bond motifs is 1. The molecule has 4 nitrogen and oxygen atoms in total. The van der Waals surface area contributed by atoms with Crippen LogP contribution < -0.4 is 10.2 Å². The lowest BCUT2D eigenvalue weighted by molar-refractivity contribution is 0.660. The predicted molar refractivity (Wildman–Crippen MR) is 81.0 cm³/mol. The summed E-state index contributed by atoms with van der Waals surface area (Å²) in [5, 5.41) is 14.4. The molecule has 2 aromatic heterocycles. The van der Waals surface area contributed by atoms with E-state index < -0.39 is 0 Å². The Morgan fingerprint density at radius 1 is 1.25 bits per heavy atom. The lowest BCUT2D eigenvalue weighted by atomic mass is 10.1. The zero-order valence-corrected chi connectivity index (χ0v) is 12.2. The summed E-state index contributed by atoms with van der Waals surface area (Å²) in [5.41, 5.74) is 2.48. The van der Waals surface area contributed by atoms with E-state index in [1.54, 1.807) is 0 Å². The molecule has 104 valence electrons. The monoisotopic (exact) mass is 286 g/mol. The van der Waals surface area contributed by atoms with Gasteiger partial charge in [-0.1, -0.05) is 0 Å². The minimum atomic E-state index is 0.718. The van der Waals surface area contributed by atoms with E-state index in [0.717, 1.165) is 43.6 Å². The van der Waals surface area contributed by atoms with Crippen LogP contribution >= 0.6 is 11.3 Å². The smallest absolute Gasteiger partial charge is 0.151 e. The van der Waals surface area contributed by atoms with Gasteiger partial charge in [-0.05, 0) is 48.4 Å². The van der Waals surface area contributed by atoms with Gasteiger partial charge < -0.3 is 10.2 Å². The maximum atomic E-state index is 4.40. The number of nitrogens with zero attached hydrogens (tertiary/aromatic N) is 3. The van der Waals surface area contributed by atoms with Crippen LogP contribution in [-0.2, 0) is 19.5 Å². The largest absolute Gasteiger partial charge is 0.350 e. The fourth-order valence-corrected chi connectivity index (χ4v) is 3.49. The van der Waals surface area contributed by atoms with Gasteiger partial charge in [-0.3, -0.25) is 0 Å². The van der Waals surface area contributed by atoms with Crippen LogP contribution in [0.3, 0.4) is 0 Å². The zero-order chi connectivity index (χ0) is 13.4. The molecule has 0 atom stereocenters. The van der Waals surface area contributed by atoms with E-state index in [4.69, 9.17) is 0 Å². The van der Waals surface area contributed by atoms with E-state index in [9.17, 15) is 0 Å². The highest BCUT2D eigenvalue weighted by atomic mass is 32.1. The predicted octanol–water partition coefficient (Wildman–Crippen LogP) is 2.35. The first-order valence-corrected chi connectivity index (χ1v) is 8.12. The average molecular weight is 286 g/mol. The Morgan fingerprint density at radius 2 is 2.20 bits per heavy atom. The summed E-state index contributed by atoms with van der Waals surface area (Å²) >= 11 is 1.87. The van der Waals surface area contributed by atoms with Crippen molar-refractivity contribution in [2.24, 2.45) is 0 Å². The van der Waals surface area contributed by atoms with E-state index in [-0.39, 0.29) is 0 Å². The first-order valence-electron chi connectivity index (χ1n) is 7.25. The second kappa shape index (κ2) is 5.14. The highest BCUT2D eigenvalue weighted by Gasteiger charge is 2.21. The van der Waals surface area contributed by atoms with Crippen molar-refractivity contribution in [1.82, 2.24) is 15.5 Å². The van der Waals surface area contributed by atoms with Gasteiger partial charge in [0.1, 0.15) is 0 Å². The van der Waals surface area contributed by atoms with Gasteiger partial charge in [0, 0.05) is 30.6 Å². The Hall–Kier alpha value is -1.46. The van der Waals surface area contributed by atoms with E-state index in [0.29, 0.717) is 0 Å². The van der Waals surface area contributed by atoms with Crippen molar-refractivity contribution in [2.45, 2.75) is 38.4 Å². The highest BCUT2D eigenvalue weighted by molar-refractivity contribution is 7.10. The Labute approximate surface area is 122 Å². The molecule has 2 aliphatic rings. The van der Waals surface area contributed by atoms with Gasteiger partial charge in [0.15, 0.2) is 5.82 Å². The maximum absolute atomic E-state index is 4.40. The molecule has 1 aliphatic carbocycles. The molecule has 2 aromatic rings. The molecule has 5 heteroatoms. The Balaban J connectivity index is 1.43. The van der Waals surface area contributed by atoms with Crippen LogP contribution in [0.15, 0.2) is 23.6 Å². The van der Waals surface area contributed by atoms with Crippen molar-refractivity contribution >= 4 is 17.2 Å². The van der Waals surface area contributed by atoms with E-state index >= 15 is 0 Å². The van der Waals surface area contributed by atoms with Gasteiger partial charge in [-0.15, -0.1) is 16.4 Å². The lowest BCUT2D eigenvalue weighted by Gasteiger charge is -2.27. The van der Waals surface area contributed by atoms with Gasteiger partial charge in [-0.2, -0.15) is 5.10 Å². The topological polar surface area (TPSA) is 41.0 Å². The molecule has 0 amide bonds. The summed E-state index contributed by atoms with van der Waals surface area (Å²) in [7, 11) is 0. The fourth-order valence-electron chi connectivity index (χ4n) is 2.60. The molecule has 1 aliphatic heterocycles. The van der Waals surface area contributed by atoms with E-state index in [2.05, 4.69) is 44.0 Å². The summed E-state index contributed by atoms with van der Waals surface area (Å²) in [6, 6.07) is 7.15. The van der Waals surface area contributed by atoms with Crippen LogP contribution in [0.25, 0.3) is 0 Å². The number of hydrogen-bond donors (Lipinski definition) is 1. The molecular weight excluding hydrogens is 268 g/mol. The molecule has 20 heavy (non-hydrogen) atoms. The first-order chi connectivity index (χ1) is 9.88. The number of thiophene rings is 1. The third-order valence-corrected chi connectivity index (χ3v) is 5.01. The fraction of sp³-hybridized carbons (Fsp3) is 0.467. The van der Waals surface area contributed by atoms with E-state index in [1.807, 2.05) is 11.3 Å². The molecule has 1 saturated carbocycles. The maximum Gasteiger partial charge on any atom is 0.151 e. The van der Waals surface area contributed by atoms with Crippen LogP contribution in [0.5, 0.6) is 0 Å². The van der Waals surface area contributed by atoms with Gasteiger partial charge in [-0.25, -0.2) is 0 Å². The standard InChI is InChI=1S/C15H18N4S/c1-2-12(1)16-9-13-3-4-15(18-17-13)19-7-5-14-11(10-19)6-8-20-14/h3-4,6,8,12,16H,1-2,5,7,9-10H2. The summed E-state index contributed by atoms with van der Waals surface area (Å²) in [5.74, 6) is 0.997. The van der Waals surface area contributed by atoms with Crippen molar-refractivity contribution in [3.63, 3.8) is 0 Å². The quantitative estimate of drug-likeness (QED) is 0.937. The van der Waals surface area contributed by atoms with Crippen molar-refractivity contribution in [3.05, 3.63) is 39.7 Å². The Bertz CT molecular complexity index is 588. The third kappa shape index (κ3) is 2.55. The average Bonchev–Trinajstić information content (AvgIpc) is 3.21. The molecule has 0 unspecified atom stereocenters. The summed E-state index contributed by atoms with van der Waals surface area (Å²) < 4.78 is 0. The molecule has 0 saturated heterocycles. The van der Waals surface area contributed by atoms with Gasteiger partial charge >= 0.3 is 0 Å². The normalized spacial score (nSPS) is 18.1. The first kappa shape index (κ1) is 12.3. The van der Waals surface area contributed by atoms with Crippen LogP contribution in [0, 0.1) is 0 Å². The number of nitrogens with one attached hydrogen (secondary N) is 1. The van der Waals surface area contributed by atoms with Crippen molar-refractivity contribution in [3.8, 4) is 0 Å². The SMILES string of the molecule is c1cc2c(s1)CCN(c1ccc(CNC3CC3)nn1)C2. The summed E-state index contributed by atoms with van der Waals surface area (Å²) in [4.78, 5) is 3.85. The number of hydrogen-bond acceptors (Lipinski definition) is 5. The number of rotatable bonds is 4. The molecular formula is C15H18N4S. The van der Waals surface area contributed by atoms with Crippen LogP contribution in [0.1, 0.15) is 29.0 Å². The second-order valence-corrected chi connectivity index (χ2v) is 6.58. The molecule has 0 aromatic carbocycles. The molecule has 4 rings (SSSR count). The van der Waals surface area contributed by atoms with Gasteiger partial charge in [0.25, 0.3) is 0 Å². The molecule has 0 spiro atoms. The second-order valence-electron chi connectivity index (χ2n) is 5.58. The van der Waals surface area contributed by atoms with Gasteiger partial charge in [0.2, 0.25) is 0 Å². The van der Waals surface area contributed by atoms with Crippen molar-refractivity contribution < 1.29 is 0 Å². The Morgan fingerprint density at radius 3 is 3.00 bits per heavy atom. The molecule has 0 radical (unpaired) electrons. The summed E-state index contributed by atoms with van der Waals surface area (Å²) in [6.45, 7) is 2.85. The van der Waals surface area contributed by atoms with Gasteiger partial charge in [0.05, 0.1) is 5.69 Å². The molecule has 3 heterocycles. The van der Waals surface area contributed by atoms with Crippen LogP contribution in [-0.4, -0.2) is 22.8 Å². The zero-order valence-electron chi connectivity index (χ0n) is 11.4.